The summed E-state index contributed by atoms with van der Waals surface area (Å²) in [6.45, 7) is 1.84. The van der Waals surface area contributed by atoms with Gasteiger partial charge in [-0.3, -0.25) is 0 Å². The molecule has 1 aliphatic heterocycles. The highest BCUT2D eigenvalue weighted by Gasteiger charge is 2.34. The van der Waals surface area contributed by atoms with Crippen molar-refractivity contribution in [2.75, 3.05) is 36.0 Å². The molecule has 0 saturated carbocycles. The zero-order valence-electron chi connectivity index (χ0n) is 12.3. The molecule has 2 heterocycles. The number of anilines is 2. The largest absolute Gasteiger partial charge is 0.427 e. The molecule has 24 heavy (non-hydrogen) atoms. The van der Waals surface area contributed by atoms with Crippen molar-refractivity contribution < 1.29 is 17.6 Å². The molecule has 2 aromatic rings. The smallest absolute Gasteiger partial charge is 0.367 e. The maximum atomic E-state index is 13.7. The topological polar surface area (TPSA) is 43.2 Å². The van der Waals surface area contributed by atoms with Crippen LogP contribution < -0.4 is 9.80 Å². The van der Waals surface area contributed by atoms with Gasteiger partial charge in [-0.05, 0) is 12.1 Å². The number of halogens is 4. The Morgan fingerprint density at radius 1 is 1.12 bits per heavy atom. The summed E-state index contributed by atoms with van der Waals surface area (Å²) in [5.41, 5.74) is 0.492. The third kappa shape index (κ3) is 3.14. The van der Waals surface area contributed by atoms with E-state index in [4.69, 9.17) is 5.26 Å². The van der Waals surface area contributed by atoms with Crippen LogP contribution in [-0.4, -0.2) is 31.2 Å². The molecule has 0 N–H and O–H groups in total. The Morgan fingerprint density at radius 3 is 2.38 bits per heavy atom. The van der Waals surface area contributed by atoms with Crippen LogP contribution in [0.1, 0.15) is 10.4 Å². The van der Waals surface area contributed by atoms with Gasteiger partial charge in [0.05, 0.1) is 11.9 Å². The fraction of sp³-hybridized carbons (Fsp3) is 0.333. The highest BCUT2D eigenvalue weighted by atomic mass is 32.1. The summed E-state index contributed by atoms with van der Waals surface area (Å²) in [4.78, 5) is 6.74. The van der Waals surface area contributed by atoms with Gasteiger partial charge in [-0.2, -0.15) is 18.4 Å². The predicted octanol–water partition coefficient (Wildman–Crippen LogP) is 3.50. The first-order valence-corrected chi connectivity index (χ1v) is 7.93. The molecule has 3 rings (SSSR count). The minimum atomic E-state index is -4.39. The van der Waals surface area contributed by atoms with Crippen molar-refractivity contribution >= 4 is 22.2 Å². The zero-order valence-corrected chi connectivity index (χ0v) is 13.2. The van der Waals surface area contributed by atoms with Crippen molar-refractivity contribution in [1.29, 1.82) is 5.26 Å². The second-order valence-electron chi connectivity index (χ2n) is 5.22. The number of nitrogens with zero attached hydrogens (tertiary/aromatic N) is 4. The van der Waals surface area contributed by atoms with Gasteiger partial charge in [0.25, 0.3) is 0 Å². The highest BCUT2D eigenvalue weighted by Crippen LogP contribution is 2.36. The molecule has 0 spiro atoms. The maximum absolute atomic E-state index is 13.7. The van der Waals surface area contributed by atoms with E-state index in [2.05, 4.69) is 4.98 Å². The van der Waals surface area contributed by atoms with Crippen molar-refractivity contribution in [3.8, 4) is 6.07 Å². The van der Waals surface area contributed by atoms with E-state index in [1.807, 2.05) is 11.0 Å². The average molecular weight is 356 g/mol. The third-order valence-corrected chi connectivity index (χ3v) is 4.87. The zero-order chi connectivity index (χ0) is 17.3. The van der Waals surface area contributed by atoms with E-state index in [1.54, 1.807) is 11.0 Å². The van der Waals surface area contributed by atoms with Gasteiger partial charge in [-0.1, -0.05) is 17.4 Å². The van der Waals surface area contributed by atoms with Gasteiger partial charge in [0.1, 0.15) is 22.3 Å². The molecule has 1 aliphatic rings. The van der Waals surface area contributed by atoms with Crippen molar-refractivity contribution in [2.24, 2.45) is 0 Å². The molecule has 1 aromatic carbocycles. The Kier molecular flexibility index (Phi) is 4.32. The fourth-order valence-corrected chi connectivity index (χ4v) is 3.40. The lowest BCUT2D eigenvalue weighted by atomic mass is 10.1. The van der Waals surface area contributed by atoms with Crippen LogP contribution in [0, 0.1) is 17.1 Å². The molecule has 9 heteroatoms. The number of piperazine rings is 1. The minimum absolute atomic E-state index is 0.0143. The van der Waals surface area contributed by atoms with E-state index < -0.39 is 16.9 Å². The van der Waals surface area contributed by atoms with Crippen molar-refractivity contribution in [1.82, 2.24) is 4.98 Å². The van der Waals surface area contributed by atoms with Crippen molar-refractivity contribution in [3.05, 3.63) is 40.7 Å². The summed E-state index contributed by atoms with van der Waals surface area (Å²) < 4.78 is 51.6. The minimum Gasteiger partial charge on any atom is -0.367 e. The molecule has 4 nitrogen and oxygen atoms in total. The van der Waals surface area contributed by atoms with E-state index in [9.17, 15) is 17.6 Å². The van der Waals surface area contributed by atoms with E-state index >= 15 is 0 Å². The number of hydrogen-bond acceptors (Lipinski definition) is 5. The standard InChI is InChI=1S/C15H12F4N4S/c16-11-2-1-3-12(10(11)8-20)22-4-6-23(7-5-22)14-21-9-13(24-14)15(17,18)19/h1-3,9H,4-7H2. The van der Waals surface area contributed by atoms with Gasteiger partial charge >= 0.3 is 6.18 Å². The molecule has 1 aromatic heterocycles. The number of aromatic nitrogens is 1. The Hall–Kier alpha value is -2.34. The number of thiazole rings is 1. The summed E-state index contributed by atoms with van der Waals surface area (Å²) >= 11 is 0.612. The lowest BCUT2D eigenvalue weighted by Gasteiger charge is -2.36. The van der Waals surface area contributed by atoms with Gasteiger partial charge in [0.2, 0.25) is 0 Å². The molecular formula is C15H12F4N4S. The lowest BCUT2D eigenvalue weighted by Crippen LogP contribution is -2.46. The molecule has 1 saturated heterocycles. The normalized spacial score (nSPS) is 15.5. The molecule has 1 fully saturated rings. The van der Waals surface area contributed by atoms with Crippen LogP contribution in [0.2, 0.25) is 0 Å². The summed E-state index contributed by atoms with van der Waals surface area (Å²) in [5, 5.41) is 9.42. The van der Waals surface area contributed by atoms with Crippen LogP contribution in [0.4, 0.5) is 28.4 Å². The number of hydrogen-bond donors (Lipinski definition) is 0. The van der Waals surface area contributed by atoms with Crippen LogP contribution in [0.25, 0.3) is 0 Å². The molecule has 0 bridgehead atoms. The van der Waals surface area contributed by atoms with Gasteiger partial charge in [-0.25, -0.2) is 9.37 Å². The predicted molar refractivity (Wildman–Crippen MR) is 82.7 cm³/mol. The summed E-state index contributed by atoms with van der Waals surface area (Å²) in [5.74, 6) is -0.577. The third-order valence-electron chi connectivity index (χ3n) is 3.77. The van der Waals surface area contributed by atoms with Crippen LogP contribution in [-0.2, 0) is 6.18 Å². The van der Waals surface area contributed by atoms with Gasteiger partial charge in [-0.15, -0.1) is 0 Å². The quantitative estimate of drug-likeness (QED) is 0.773. The molecule has 0 unspecified atom stereocenters. The highest BCUT2D eigenvalue weighted by molar-refractivity contribution is 7.15. The number of nitriles is 1. The molecule has 0 amide bonds. The monoisotopic (exact) mass is 356 g/mol. The Bertz CT molecular complexity index is 773. The van der Waals surface area contributed by atoms with Crippen LogP contribution >= 0.6 is 11.3 Å². The summed E-state index contributed by atoms with van der Waals surface area (Å²) in [6.07, 6.45) is -3.55. The summed E-state index contributed by atoms with van der Waals surface area (Å²) in [6, 6.07) is 6.29. The first-order chi connectivity index (χ1) is 11.4. The summed E-state index contributed by atoms with van der Waals surface area (Å²) in [7, 11) is 0. The molecule has 0 radical (unpaired) electrons. The Morgan fingerprint density at radius 2 is 1.79 bits per heavy atom. The van der Waals surface area contributed by atoms with Gasteiger partial charge < -0.3 is 9.80 Å². The maximum Gasteiger partial charge on any atom is 0.427 e. The van der Waals surface area contributed by atoms with E-state index in [0.29, 0.717) is 48.3 Å². The Balaban J connectivity index is 1.72. The lowest BCUT2D eigenvalue weighted by molar-refractivity contribution is -0.134. The molecule has 0 atom stereocenters. The van der Waals surface area contributed by atoms with Crippen molar-refractivity contribution in [3.63, 3.8) is 0 Å². The van der Waals surface area contributed by atoms with Gasteiger partial charge in [0.15, 0.2) is 5.13 Å². The fourth-order valence-electron chi connectivity index (χ4n) is 2.57. The van der Waals surface area contributed by atoms with Crippen LogP contribution in [0.15, 0.2) is 24.4 Å². The second kappa shape index (κ2) is 6.28. The van der Waals surface area contributed by atoms with Crippen molar-refractivity contribution in [2.45, 2.75) is 6.18 Å². The van der Waals surface area contributed by atoms with Gasteiger partial charge in [0, 0.05) is 26.2 Å². The first kappa shape index (κ1) is 16.5. The van der Waals surface area contributed by atoms with E-state index in [-0.39, 0.29) is 5.56 Å². The van der Waals surface area contributed by atoms with E-state index in [1.165, 1.54) is 12.1 Å². The van der Waals surface area contributed by atoms with Crippen LogP contribution in [0.3, 0.4) is 0 Å². The SMILES string of the molecule is N#Cc1c(F)cccc1N1CCN(c2ncc(C(F)(F)F)s2)CC1. The second-order valence-corrected chi connectivity index (χ2v) is 6.23. The molecular weight excluding hydrogens is 344 g/mol. The van der Waals surface area contributed by atoms with Crippen LogP contribution in [0.5, 0.6) is 0 Å². The number of benzene rings is 1. The Labute approximate surface area is 139 Å². The molecule has 126 valence electrons. The van der Waals surface area contributed by atoms with E-state index in [0.717, 1.165) is 6.20 Å². The average Bonchev–Trinajstić information content (AvgIpc) is 3.05. The number of rotatable bonds is 2. The first-order valence-electron chi connectivity index (χ1n) is 7.11. The molecule has 0 aliphatic carbocycles. The number of alkyl halides is 3.